The first-order chi connectivity index (χ1) is 9.56. The number of rotatable bonds is 3. The minimum Gasteiger partial charge on any atom is -0.399 e. The van der Waals surface area contributed by atoms with Gasteiger partial charge in [-0.15, -0.1) is 0 Å². The molecule has 0 fully saturated rings. The van der Waals surface area contributed by atoms with Crippen LogP contribution >= 0.6 is 0 Å². The van der Waals surface area contributed by atoms with E-state index >= 15 is 0 Å². The van der Waals surface area contributed by atoms with Crippen molar-refractivity contribution in [3.63, 3.8) is 0 Å². The van der Waals surface area contributed by atoms with Crippen molar-refractivity contribution in [2.75, 3.05) is 17.7 Å². The molecule has 1 amide bonds. The Labute approximate surface area is 117 Å². The molecule has 0 aromatic heterocycles. The Morgan fingerprint density at radius 2 is 1.70 bits per heavy atom. The van der Waals surface area contributed by atoms with Crippen LogP contribution in [0.4, 0.5) is 15.8 Å². The van der Waals surface area contributed by atoms with E-state index in [0.717, 1.165) is 5.56 Å². The Balaban J connectivity index is 2.07. The maximum absolute atomic E-state index is 12.8. The van der Waals surface area contributed by atoms with Gasteiger partial charge in [0, 0.05) is 24.5 Å². The molecule has 0 atom stereocenters. The van der Waals surface area contributed by atoms with Gasteiger partial charge in [-0.05, 0) is 48.0 Å². The molecule has 0 aliphatic heterocycles. The number of carbonyl (C=O) groups is 1. The van der Waals surface area contributed by atoms with Gasteiger partial charge in [-0.1, -0.05) is 12.1 Å². The average molecular weight is 270 g/mol. The molecule has 0 aliphatic rings. The first kappa shape index (κ1) is 13.8. The van der Waals surface area contributed by atoms with Crippen molar-refractivity contribution in [1.29, 1.82) is 0 Å². The van der Waals surface area contributed by atoms with Crippen LogP contribution < -0.4 is 10.6 Å². The van der Waals surface area contributed by atoms with E-state index in [0.29, 0.717) is 11.4 Å². The van der Waals surface area contributed by atoms with Crippen LogP contribution in [-0.4, -0.2) is 13.0 Å². The molecule has 2 aromatic rings. The predicted molar refractivity (Wildman–Crippen MR) is 79.7 cm³/mol. The monoisotopic (exact) mass is 270 g/mol. The van der Waals surface area contributed by atoms with Crippen LogP contribution in [-0.2, 0) is 4.79 Å². The Kier molecular flexibility index (Phi) is 4.15. The summed E-state index contributed by atoms with van der Waals surface area (Å²) in [4.78, 5) is 13.4. The van der Waals surface area contributed by atoms with Crippen LogP contribution in [0.15, 0.2) is 54.6 Å². The summed E-state index contributed by atoms with van der Waals surface area (Å²) < 4.78 is 12.8. The van der Waals surface area contributed by atoms with Gasteiger partial charge in [0.1, 0.15) is 5.82 Å². The lowest BCUT2D eigenvalue weighted by Crippen LogP contribution is -2.23. The third-order valence-electron chi connectivity index (χ3n) is 2.90. The Hall–Kier alpha value is -2.62. The predicted octanol–water partition coefficient (Wildman–Crippen LogP) is 3.08. The molecule has 2 N–H and O–H groups in total. The lowest BCUT2D eigenvalue weighted by Gasteiger charge is -2.14. The SMILES string of the molecule is CN(C(=O)/C=C/c1ccc(N)cc1)c1ccc(F)cc1. The summed E-state index contributed by atoms with van der Waals surface area (Å²) in [6.45, 7) is 0. The van der Waals surface area contributed by atoms with E-state index in [2.05, 4.69) is 0 Å². The van der Waals surface area contributed by atoms with Crippen molar-refractivity contribution in [3.8, 4) is 0 Å². The highest BCUT2D eigenvalue weighted by atomic mass is 19.1. The fourth-order valence-corrected chi connectivity index (χ4v) is 1.68. The highest BCUT2D eigenvalue weighted by molar-refractivity contribution is 6.03. The van der Waals surface area contributed by atoms with Gasteiger partial charge in [0.05, 0.1) is 0 Å². The number of benzene rings is 2. The highest BCUT2D eigenvalue weighted by Gasteiger charge is 2.07. The largest absolute Gasteiger partial charge is 0.399 e. The van der Waals surface area contributed by atoms with Crippen LogP contribution in [0.25, 0.3) is 6.08 Å². The Morgan fingerprint density at radius 3 is 2.30 bits per heavy atom. The van der Waals surface area contributed by atoms with Crippen LogP contribution in [0, 0.1) is 5.82 Å². The second-order valence-corrected chi connectivity index (χ2v) is 4.37. The van der Waals surface area contributed by atoms with Crippen molar-refractivity contribution in [2.24, 2.45) is 0 Å². The van der Waals surface area contributed by atoms with Gasteiger partial charge in [0.2, 0.25) is 0 Å². The van der Waals surface area contributed by atoms with E-state index in [9.17, 15) is 9.18 Å². The van der Waals surface area contributed by atoms with Crippen LogP contribution in [0.3, 0.4) is 0 Å². The van der Waals surface area contributed by atoms with Crippen LogP contribution in [0.5, 0.6) is 0 Å². The summed E-state index contributed by atoms with van der Waals surface area (Å²) in [6, 6.07) is 13.0. The number of hydrogen-bond donors (Lipinski definition) is 1. The van der Waals surface area contributed by atoms with Crippen molar-refractivity contribution >= 4 is 23.4 Å². The molecule has 0 radical (unpaired) electrons. The molecule has 0 saturated heterocycles. The maximum atomic E-state index is 12.8. The molecule has 102 valence electrons. The highest BCUT2D eigenvalue weighted by Crippen LogP contribution is 2.14. The molecular weight excluding hydrogens is 255 g/mol. The normalized spacial score (nSPS) is 10.7. The van der Waals surface area contributed by atoms with E-state index < -0.39 is 0 Å². The lowest BCUT2D eigenvalue weighted by molar-refractivity contribution is -0.113. The molecule has 20 heavy (non-hydrogen) atoms. The zero-order valence-corrected chi connectivity index (χ0v) is 11.1. The van der Waals surface area contributed by atoms with Gasteiger partial charge in [-0.2, -0.15) is 0 Å². The van der Waals surface area contributed by atoms with Gasteiger partial charge in [0.25, 0.3) is 5.91 Å². The molecular formula is C16H15FN2O. The molecule has 0 bridgehead atoms. The number of anilines is 2. The quantitative estimate of drug-likeness (QED) is 0.688. The van der Waals surface area contributed by atoms with Crippen molar-refractivity contribution < 1.29 is 9.18 Å². The molecule has 0 unspecified atom stereocenters. The second kappa shape index (κ2) is 6.02. The van der Waals surface area contributed by atoms with Crippen molar-refractivity contribution in [3.05, 3.63) is 66.0 Å². The zero-order valence-electron chi connectivity index (χ0n) is 11.1. The Morgan fingerprint density at radius 1 is 1.10 bits per heavy atom. The summed E-state index contributed by atoms with van der Waals surface area (Å²) in [5, 5.41) is 0. The molecule has 2 rings (SSSR count). The standard InChI is InChI=1S/C16H15FN2O/c1-19(15-9-5-13(17)6-10-15)16(20)11-4-12-2-7-14(18)8-3-12/h2-11H,18H2,1H3/b11-4+. The number of nitrogens with two attached hydrogens (primary N) is 1. The third kappa shape index (κ3) is 3.45. The summed E-state index contributed by atoms with van der Waals surface area (Å²) in [5.41, 5.74) is 7.79. The molecule has 4 heteroatoms. The van der Waals surface area contributed by atoms with Gasteiger partial charge >= 0.3 is 0 Å². The molecule has 0 spiro atoms. The molecule has 0 heterocycles. The van der Waals surface area contributed by atoms with Crippen LogP contribution in [0.2, 0.25) is 0 Å². The number of likely N-dealkylation sites (N-methyl/N-ethyl adjacent to an activating group) is 1. The second-order valence-electron chi connectivity index (χ2n) is 4.37. The van der Waals surface area contributed by atoms with Gasteiger partial charge < -0.3 is 10.6 Å². The summed E-state index contributed by atoms with van der Waals surface area (Å²) in [5.74, 6) is -0.513. The number of carbonyl (C=O) groups excluding carboxylic acids is 1. The lowest BCUT2D eigenvalue weighted by atomic mass is 10.2. The molecule has 0 saturated carbocycles. The number of nitrogen functional groups attached to an aromatic ring is 1. The smallest absolute Gasteiger partial charge is 0.250 e. The summed E-state index contributed by atoms with van der Waals surface area (Å²) >= 11 is 0. The molecule has 2 aromatic carbocycles. The van der Waals surface area contributed by atoms with E-state index in [-0.39, 0.29) is 11.7 Å². The van der Waals surface area contributed by atoms with Gasteiger partial charge in [-0.3, -0.25) is 4.79 Å². The van der Waals surface area contributed by atoms with Gasteiger partial charge in [0.15, 0.2) is 0 Å². The number of amides is 1. The molecule has 0 aliphatic carbocycles. The third-order valence-corrected chi connectivity index (χ3v) is 2.90. The van der Waals surface area contributed by atoms with Crippen molar-refractivity contribution in [1.82, 2.24) is 0 Å². The maximum Gasteiger partial charge on any atom is 0.250 e. The number of hydrogen-bond acceptors (Lipinski definition) is 2. The van der Waals surface area contributed by atoms with Crippen LogP contribution in [0.1, 0.15) is 5.56 Å². The van der Waals surface area contributed by atoms with E-state index in [4.69, 9.17) is 5.73 Å². The minimum atomic E-state index is -0.327. The van der Waals surface area contributed by atoms with Gasteiger partial charge in [-0.25, -0.2) is 4.39 Å². The first-order valence-corrected chi connectivity index (χ1v) is 6.13. The van der Waals surface area contributed by atoms with E-state index in [1.807, 2.05) is 12.1 Å². The fraction of sp³-hybridized carbons (Fsp3) is 0.0625. The average Bonchev–Trinajstić information content (AvgIpc) is 2.46. The van der Waals surface area contributed by atoms with E-state index in [1.165, 1.54) is 23.1 Å². The first-order valence-electron chi connectivity index (χ1n) is 6.13. The topological polar surface area (TPSA) is 46.3 Å². The van der Waals surface area contributed by atoms with Crippen molar-refractivity contribution in [2.45, 2.75) is 0 Å². The van der Waals surface area contributed by atoms with E-state index in [1.54, 1.807) is 37.4 Å². The number of halogens is 1. The molecule has 3 nitrogen and oxygen atoms in total. The fourth-order valence-electron chi connectivity index (χ4n) is 1.68. The number of nitrogens with zero attached hydrogens (tertiary/aromatic N) is 1. The summed E-state index contributed by atoms with van der Waals surface area (Å²) in [6.07, 6.45) is 3.18. The minimum absolute atomic E-state index is 0.187. The zero-order chi connectivity index (χ0) is 14.5. The summed E-state index contributed by atoms with van der Waals surface area (Å²) in [7, 11) is 1.64. The Bertz CT molecular complexity index is 618.